The molecule has 128 valence electrons. The molecular formula is C16H23F2N3O2. The first-order valence-corrected chi connectivity index (χ1v) is 7.67. The molecule has 0 unspecified atom stereocenters. The third-order valence-corrected chi connectivity index (χ3v) is 3.60. The van der Waals surface area contributed by atoms with Gasteiger partial charge >= 0.3 is 6.09 Å². The summed E-state index contributed by atoms with van der Waals surface area (Å²) in [4.78, 5) is 19.6. The van der Waals surface area contributed by atoms with Gasteiger partial charge < -0.3 is 9.64 Å². The summed E-state index contributed by atoms with van der Waals surface area (Å²) in [7, 11) is 0. The molecule has 1 fully saturated rings. The Kier molecular flexibility index (Phi) is 5.19. The van der Waals surface area contributed by atoms with Crippen LogP contribution in [0.1, 0.15) is 33.4 Å². The fraction of sp³-hybridized carbons (Fsp3) is 0.625. The molecule has 1 aromatic heterocycles. The van der Waals surface area contributed by atoms with Gasteiger partial charge in [-0.1, -0.05) is 0 Å². The summed E-state index contributed by atoms with van der Waals surface area (Å²) in [5.74, 6) is -1.33. The van der Waals surface area contributed by atoms with Crippen LogP contribution in [0.3, 0.4) is 0 Å². The number of nitrogens with zero attached hydrogens (tertiary/aromatic N) is 3. The number of piperazine rings is 1. The molecule has 1 amide bonds. The average Bonchev–Trinajstić information content (AvgIpc) is 2.40. The van der Waals surface area contributed by atoms with Gasteiger partial charge in [0.05, 0.1) is 11.9 Å². The molecule has 5 nitrogen and oxygen atoms in total. The van der Waals surface area contributed by atoms with Crippen molar-refractivity contribution in [3.63, 3.8) is 0 Å². The van der Waals surface area contributed by atoms with Crippen molar-refractivity contribution in [2.24, 2.45) is 0 Å². The van der Waals surface area contributed by atoms with E-state index in [-0.39, 0.29) is 17.8 Å². The maximum atomic E-state index is 13.7. The van der Waals surface area contributed by atoms with Crippen LogP contribution in [0.25, 0.3) is 0 Å². The molecule has 0 radical (unpaired) electrons. The Balaban J connectivity index is 1.94. The summed E-state index contributed by atoms with van der Waals surface area (Å²) in [6.45, 7) is 9.36. The van der Waals surface area contributed by atoms with Crippen molar-refractivity contribution in [3.8, 4) is 0 Å². The molecule has 0 aliphatic carbocycles. The van der Waals surface area contributed by atoms with E-state index in [4.69, 9.17) is 4.74 Å². The molecule has 1 aliphatic heterocycles. The highest BCUT2D eigenvalue weighted by molar-refractivity contribution is 5.68. The minimum Gasteiger partial charge on any atom is -0.444 e. The number of rotatable bonds is 2. The maximum Gasteiger partial charge on any atom is 0.410 e. The van der Waals surface area contributed by atoms with Crippen LogP contribution in [-0.2, 0) is 11.3 Å². The molecule has 0 bridgehead atoms. The lowest BCUT2D eigenvalue weighted by Crippen LogP contribution is -2.54. The number of aromatic nitrogens is 1. The number of halogens is 2. The van der Waals surface area contributed by atoms with Gasteiger partial charge in [0.2, 0.25) is 0 Å². The lowest BCUT2D eigenvalue weighted by molar-refractivity contribution is 0.000293. The lowest BCUT2D eigenvalue weighted by atomic mass is 10.2. The smallest absolute Gasteiger partial charge is 0.410 e. The SMILES string of the molecule is C[C@@H]1CN(Cc2ncc(F)cc2F)CCN1C(=O)OC(C)(C)C. The van der Waals surface area contributed by atoms with Crippen LogP contribution in [0, 0.1) is 11.6 Å². The van der Waals surface area contributed by atoms with E-state index in [1.165, 1.54) is 0 Å². The number of amides is 1. The zero-order valence-corrected chi connectivity index (χ0v) is 14.0. The summed E-state index contributed by atoms with van der Waals surface area (Å²) in [5.41, 5.74) is -0.320. The van der Waals surface area contributed by atoms with Gasteiger partial charge in [-0.05, 0) is 27.7 Å². The van der Waals surface area contributed by atoms with Gasteiger partial charge in [-0.15, -0.1) is 0 Å². The predicted octanol–water partition coefficient (Wildman–Crippen LogP) is 2.80. The highest BCUT2D eigenvalue weighted by Gasteiger charge is 2.31. The Labute approximate surface area is 135 Å². The summed E-state index contributed by atoms with van der Waals surface area (Å²) in [6, 6.07) is 0.782. The topological polar surface area (TPSA) is 45.7 Å². The highest BCUT2D eigenvalue weighted by Crippen LogP contribution is 2.17. The summed E-state index contributed by atoms with van der Waals surface area (Å²) < 4.78 is 32.0. The number of ether oxygens (including phenoxy) is 1. The van der Waals surface area contributed by atoms with E-state index in [1.54, 1.807) is 4.90 Å². The van der Waals surface area contributed by atoms with Gasteiger partial charge in [0.25, 0.3) is 0 Å². The van der Waals surface area contributed by atoms with Crippen molar-refractivity contribution in [1.82, 2.24) is 14.8 Å². The van der Waals surface area contributed by atoms with E-state index >= 15 is 0 Å². The molecule has 2 rings (SSSR count). The van der Waals surface area contributed by atoms with Crippen LogP contribution in [-0.4, -0.2) is 52.2 Å². The average molecular weight is 327 g/mol. The Morgan fingerprint density at radius 3 is 2.65 bits per heavy atom. The fourth-order valence-corrected chi connectivity index (χ4v) is 2.54. The Bertz CT molecular complexity index is 575. The first kappa shape index (κ1) is 17.6. The molecule has 0 N–H and O–H groups in total. The lowest BCUT2D eigenvalue weighted by Gasteiger charge is -2.40. The molecule has 1 aromatic rings. The van der Waals surface area contributed by atoms with Gasteiger partial charge in [-0.2, -0.15) is 0 Å². The zero-order valence-electron chi connectivity index (χ0n) is 14.0. The molecule has 0 spiro atoms. The first-order valence-electron chi connectivity index (χ1n) is 7.67. The standard InChI is InChI=1S/C16H23F2N3O2/c1-11-9-20(10-14-13(18)7-12(17)8-19-14)5-6-21(11)15(22)23-16(2,3)4/h7-8,11H,5-6,9-10H2,1-4H3/t11-/m1/s1. The minimum atomic E-state index is -0.686. The minimum absolute atomic E-state index is 0.0536. The van der Waals surface area contributed by atoms with Crippen LogP contribution >= 0.6 is 0 Å². The quantitative estimate of drug-likeness (QED) is 0.838. The van der Waals surface area contributed by atoms with E-state index < -0.39 is 17.2 Å². The second-order valence-corrected chi connectivity index (χ2v) is 6.84. The van der Waals surface area contributed by atoms with Crippen LogP contribution < -0.4 is 0 Å². The fourth-order valence-electron chi connectivity index (χ4n) is 2.54. The molecule has 0 saturated carbocycles. The van der Waals surface area contributed by atoms with Crippen LogP contribution in [0.2, 0.25) is 0 Å². The second-order valence-electron chi connectivity index (χ2n) is 6.84. The third kappa shape index (κ3) is 4.86. The zero-order chi connectivity index (χ0) is 17.2. The normalized spacial score (nSPS) is 19.7. The predicted molar refractivity (Wildman–Crippen MR) is 81.8 cm³/mol. The first-order chi connectivity index (χ1) is 10.7. The van der Waals surface area contributed by atoms with E-state index in [0.717, 1.165) is 12.3 Å². The molecule has 0 aromatic carbocycles. The Morgan fingerprint density at radius 2 is 2.09 bits per heavy atom. The van der Waals surface area contributed by atoms with Crippen LogP contribution in [0.5, 0.6) is 0 Å². The molecule has 1 saturated heterocycles. The molecule has 1 aliphatic rings. The number of hydrogen-bond acceptors (Lipinski definition) is 4. The Morgan fingerprint density at radius 1 is 1.39 bits per heavy atom. The van der Waals surface area contributed by atoms with Gasteiger partial charge in [-0.3, -0.25) is 9.88 Å². The van der Waals surface area contributed by atoms with E-state index in [1.807, 2.05) is 32.6 Å². The van der Waals surface area contributed by atoms with Crippen molar-refractivity contribution in [2.75, 3.05) is 19.6 Å². The summed E-state index contributed by atoms with van der Waals surface area (Å²) in [5, 5.41) is 0. The third-order valence-electron chi connectivity index (χ3n) is 3.60. The number of pyridine rings is 1. The largest absolute Gasteiger partial charge is 0.444 e. The molecule has 2 heterocycles. The van der Waals surface area contributed by atoms with E-state index in [9.17, 15) is 13.6 Å². The van der Waals surface area contributed by atoms with Gasteiger partial charge in [-0.25, -0.2) is 13.6 Å². The number of carbonyl (C=O) groups is 1. The van der Waals surface area contributed by atoms with Gasteiger partial charge in [0.1, 0.15) is 17.2 Å². The van der Waals surface area contributed by atoms with Gasteiger partial charge in [0, 0.05) is 38.3 Å². The molecule has 23 heavy (non-hydrogen) atoms. The maximum absolute atomic E-state index is 13.7. The van der Waals surface area contributed by atoms with E-state index in [2.05, 4.69) is 4.98 Å². The van der Waals surface area contributed by atoms with Crippen molar-refractivity contribution in [3.05, 3.63) is 29.6 Å². The van der Waals surface area contributed by atoms with Crippen molar-refractivity contribution in [2.45, 2.75) is 45.9 Å². The highest BCUT2D eigenvalue weighted by atomic mass is 19.1. The van der Waals surface area contributed by atoms with Crippen molar-refractivity contribution < 1.29 is 18.3 Å². The van der Waals surface area contributed by atoms with Crippen molar-refractivity contribution in [1.29, 1.82) is 0 Å². The molecular weight excluding hydrogens is 304 g/mol. The summed E-state index contributed by atoms with van der Waals surface area (Å²) >= 11 is 0. The molecule has 1 atom stereocenters. The van der Waals surface area contributed by atoms with E-state index in [0.29, 0.717) is 26.2 Å². The Hall–Kier alpha value is -1.76. The number of carbonyl (C=O) groups excluding carboxylic acids is 1. The van der Waals surface area contributed by atoms with Crippen molar-refractivity contribution >= 4 is 6.09 Å². The second kappa shape index (κ2) is 6.78. The molecule has 7 heteroatoms. The van der Waals surface area contributed by atoms with Crippen LogP contribution in [0.15, 0.2) is 12.3 Å². The monoisotopic (exact) mass is 327 g/mol. The summed E-state index contributed by atoms with van der Waals surface area (Å²) in [6.07, 6.45) is 0.675. The van der Waals surface area contributed by atoms with Gasteiger partial charge in [0.15, 0.2) is 0 Å². The number of hydrogen-bond donors (Lipinski definition) is 0. The van der Waals surface area contributed by atoms with Crippen LogP contribution in [0.4, 0.5) is 13.6 Å².